The second-order valence-electron chi connectivity index (χ2n) is 21.6. The van der Waals surface area contributed by atoms with Gasteiger partial charge in [0.15, 0.2) is 0 Å². The van der Waals surface area contributed by atoms with Gasteiger partial charge in [-0.25, -0.2) is 0 Å². The molecule has 0 aliphatic heterocycles. The Morgan fingerprint density at radius 2 is 0.683 bits per heavy atom. The number of hydrogen-bond acceptors (Lipinski definition) is 16. The maximum atomic E-state index is 13.0. The van der Waals surface area contributed by atoms with Crippen LogP contribution < -0.4 is 9.47 Å². The number of allylic oxidation sites excluding steroid dienone is 4. The van der Waals surface area contributed by atoms with E-state index in [1.807, 2.05) is 0 Å². The lowest BCUT2D eigenvalue weighted by Gasteiger charge is -2.24. The second-order valence-corrected chi connectivity index (χ2v) is 24.1. The van der Waals surface area contributed by atoms with Gasteiger partial charge < -0.3 is 28.4 Å². The largest absolute Gasteiger partial charge is 0.462 e. The molecule has 0 aliphatic carbocycles. The lowest BCUT2D eigenvalue weighted by Crippen LogP contribution is -2.40. The number of benzene rings is 2. The van der Waals surface area contributed by atoms with E-state index < -0.39 is 36.0 Å². The Bertz CT molecular complexity index is 1920. The van der Waals surface area contributed by atoms with E-state index in [1.165, 1.54) is 137 Å². The summed E-state index contributed by atoms with van der Waals surface area (Å²) in [5.41, 5.74) is 1.39. The van der Waals surface area contributed by atoms with Crippen molar-refractivity contribution in [1.29, 1.82) is 0 Å². The van der Waals surface area contributed by atoms with Gasteiger partial charge in [-0.2, -0.15) is 0 Å². The Balaban J connectivity index is 1.54. The molecule has 0 N–H and O–H groups in total. The summed E-state index contributed by atoms with van der Waals surface area (Å²) in [6.07, 6.45) is 41.1. The zero-order valence-corrected chi connectivity index (χ0v) is 52.8. The van der Waals surface area contributed by atoms with Crippen LogP contribution in [0.2, 0.25) is 0 Å². The third-order valence-electron chi connectivity index (χ3n) is 13.8. The highest BCUT2D eigenvalue weighted by atomic mass is 33.1. The third kappa shape index (κ3) is 39.8. The summed E-state index contributed by atoms with van der Waals surface area (Å²) in [4.78, 5) is 79.4. The summed E-state index contributed by atoms with van der Waals surface area (Å²) in [5.74, 6) is -0.820. The number of unbranched alkanes of at least 4 members (excludes halogenated alkanes) is 22. The van der Waals surface area contributed by atoms with Crippen molar-refractivity contribution in [1.82, 2.24) is 9.80 Å². The molecule has 0 heterocycles. The number of rotatable bonds is 51. The molecule has 2 atom stereocenters. The zero-order chi connectivity index (χ0) is 59.7. The SMILES string of the molecule is CCCCCCCC/C=C\CCCCCCCC(=O)Oc1ccc(CC(=O)OCCOC(=O)C(CSSCC(C(=O)OCCOC(=O)Cc2ccc(OC(=O)CCCCCCC/C=C\CCCCCCCC)cc2)N(C)C)N(C)C)cc1. The van der Waals surface area contributed by atoms with E-state index in [9.17, 15) is 28.8 Å². The molecule has 2 aromatic carbocycles. The van der Waals surface area contributed by atoms with Crippen molar-refractivity contribution in [2.45, 2.75) is 219 Å². The lowest BCUT2D eigenvalue weighted by molar-refractivity contribution is -0.154. The Hall–Kier alpha value is -4.64. The Kier molecular flexibility index (Phi) is 44.6. The van der Waals surface area contributed by atoms with Gasteiger partial charge >= 0.3 is 35.8 Å². The van der Waals surface area contributed by atoms with Crippen LogP contribution in [-0.2, 0) is 60.6 Å². The minimum Gasteiger partial charge on any atom is -0.462 e. The summed E-state index contributed by atoms with van der Waals surface area (Å²) >= 11 is 0. The monoisotopic (exact) mass is 1180 g/mol. The molecule has 462 valence electrons. The van der Waals surface area contributed by atoms with Crippen molar-refractivity contribution in [3.8, 4) is 11.5 Å². The summed E-state index contributed by atoms with van der Waals surface area (Å²) in [6, 6.07) is 12.4. The molecule has 0 bridgehead atoms. The predicted molar refractivity (Wildman–Crippen MR) is 334 cm³/mol. The molecule has 0 fully saturated rings. The lowest BCUT2D eigenvalue weighted by atomic mass is 10.1. The van der Waals surface area contributed by atoms with Crippen LogP contribution in [0.15, 0.2) is 72.8 Å². The number of esters is 6. The first-order valence-corrected chi connectivity index (χ1v) is 33.4. The van der Waals surface area contributed by atoms with E-state index in [0.29, 0.717) is 47.0 Å². The fraction of sp³-hybridized carbons (Fsp3) is 0.667. The van der Waals surface area contributed by atoms with E-state index in [0.717, 1.165) is 51.4 Å². The molecule has 2 unspecified atom stereocenters. The highest BCUT2D eigenvalue weighted by molar-refractivity contribution is 8.76. The van der Waals surface area contributed by atoms with Gasteiger partial charge in [0.05, 0.1) is 12.8 Å². The molecule has 2 rings (SSSR count). The van der Waals surface area contributed by atoms with E-state index in [2.05, 4.69) is 38.2 Å². The fourth-order valence-corrected chi connectivity index (χ4v) is 11.4. The molecule has 0 spiro atoms. The van der Waals surface area contributed by atoms with Crippen LogP contribution in [0.3, 0.4) is 0 Å². The van der Waals surface area contributed by atoms with E-state index in [-0.39, 0.29) is 51.2 Å². The van der Waals surface area contributed by atoms with Crippen molar-refractivity contribution >= 4 is 57.4 Å². The number of carbonyl (C=O) groups excluding carboxylic acids is 6. The standard InChI is InChI=1S/C66H104N2O12S2/c1-7-9-11-13-15-17-19-21-23-25-27-29-31-33-35-37-61(69)79-57-43-39-55(40-44-57)51-63(71)75-47-49-77-65(73)59(67(3)4)53-81-82-54-60(68(5)6)66(74)78-50-48-76-64(72)52-56-41-45-58(46-42-56)80-62(70)38-36-34-32-30-28-26-24-22-20-18-16-14-12-10-8-2/h21-24,39-46,59-60H,7-20,25-38,47-54H2,1-6H3/b23-21-,24-22-. The topological polar surface area (TPSA) is 164 Å². The highest BCUT2D eigenvalue weighted by Gasteiger charge is 2.26. The molecular weight excluding hydrogens is 1080 g/mol. The van der Waals surface area contributed by atoms with E-state index in [1.54, 1.807) is 86.5 Å². The normalized spacial score (nSPS) is 12.2. The van der Waals surface area contributed by atoms with Crippen LogP contribution in [0.25, 0.3) is 0 Å². The molecule has 0 saturated carbocycles. The van der Waals surface area contributed by atoms with Crippen LogP contribution in [-0.4, -0.2) is 124 Å². The average molecular weight is 1180 g/mol. The van der Waals surface area contributed by atoms with Crippen molar-refractivity contribution in [2.24, 2.45) is 0 Å². The summed E-state index contributed by atoms with van der Waals surface area (Å²) in [6.45, 7) is 4.09. The van der Waals surface area contributed by atoms with Gasteiger partial charge in [-0.05, 0) is 128 Å². The molecule has 0 amide bonds. The summed E-state index contributed by atoms with van der Waals surface area (Å²) in [7, 11) is 9.91. The van der Waals surface area contributed by atoms with Gasteiger partial charge in [-0.1, -0.05) is 187 Å². The molecule has 16 heteroatoms. The molecular formula is C66H104N2O12S2. The van der Waals surface area contributed by atoms with Gasteiger partial charge in [-0.15, -0.1) is 0 Å². The molecule has 0 saturated heterocycles. The minimum absolute atomic E-state index is 0.0113. The average Bonchev–Trinajstić information content (AvgIpc) is 3.51. The van der Waals surface area contributed by atoms with E-state index in [4.69, 9.17) is 28.4 Å². The van der Waals surface area contributed by atoms with Gasteiger partial charge in [0.2, 0.25) is 0 Å². The molecule has 0 aromatic heterocycles. The Labute approximate surface area is 502 Å². The zero-order valence-electron chi connectivity index (χ0n) is 51.1. The van der Waals surface area contributed by atoms with Crippen LogP contribution in [0, 0.1) is 0 Å². The van der Waals surface area contributed by atoms with Crippen LogP contribution >= 0.6 is 21.6 Å². The smallest absolute Gasteiger partial charge is 0.324 e. The van der Waals surface area contributed by atoms with Gasteiger partial charge in [-0.3, -0.25) is 38.6 Å². The molecule has 14 nitrogen and oxygen atoms in total. The molecule has 82 heavy (non-hydrogen) atoms. The Morgan fingerprint density at radius 1 is 0.390 bits per heavy atom. The van der Waals surface area contributed by atoms with Gasteiger partial charge in [0, 0.05) is 24.3 Å². The van der Waals surface area contributed by atoms with Crippen molar-refractivity contribution in [3.63, 3.8) is 0 Å². The fourth-order valence-electron chi connectivity index (χ4n) is 8.70. The second kappa shape index (κ2) is 49.8. The molecule has 2 aromatic rings. The molecule has 0 aliphatic rings. The quantitative estimate of drug-likeness (QED) is 0.0153. The first kappa shape index (κ1) is 73.5. The van der Waals surface area contributed by atoms with Crippen molar-refractivity contribution < 1.29 is 57.2 Å². The van der Waals surface area contributed by atoms with Gasteiger partial charge in [0.1, 0.15) is 50.0 Å². The van der Waals surface area contributed by atoms with Crippen LogP contribution in [0.1, 0.15) is 205 Å². The highest BCUT2D eigenvalue weighted by Crippen LogP contribution is 2.26. The first-order valence-electron chi connectivity index (χ1n) is 30.9. The third-order valence-corrected chi connectivity index (χ3v) is 16.2. The van der Waals surface area contributed by atoms with E-state index >= 15 is 0 Å². The van der Waals surface area contributed by atoms with Crippen molar-refractivity contribution in [2.75, 3.05) is 66.1 Å². The van der Waals surface area contributed by atoms with Crippen LogP contribution in [0.4, 0.5) is 0 Å². The maximum absolute atomic E-state index is 13.0. The predicted octanol–water partition coefficient (Wildman–Crippen LogP) is 14.8. The summed E-state index contributed by atoms with van der Waals surface area (Å²) < 4.78 is 32.5. The number of nitrogens with zero attached hydrogens (tertiary/aromatic N) is 2. The van der Waals surface area contributed by atoms with Gasteiger partial charge in [0.25, 0.3) is 0 Å². The summed E-state index contributed by atoms with van der Waals surface area (Å²) in [5, 5.41) is 0. The number of carbonyl (C=O) groups is 6. The number of hydrogen-bond donors (Lipinski definition) is 0. The first-order chi connectivity index (χ1) is 39.8. The van der Waals surface area contributed by atoms with Crippen molar-refractivity contribution in [3.05, 3.63) is 84.0 Å². The minimum atomic E-state index is -0.588. The number of likely N-dealkylation sites (N-methyl/N-ethyl adjacent to an activating group) is 2. The molecule has 0 radical (unpaired) electrons. The Morgan fingerprint density at radius 3 is 1.00 bits per heavy atom. The number of ether oxygens (including phenoxy) is 6. The van der Waals surface area contributed by atoms with Crippen LogP contribution in [0.5, 0.6) is 11.5 Å². The maximum Gasteiger partial charge on any atom is 0.324 e.